The van der Waals surface area contributed by atoms with Crippen molar-refractivity contribution in [3.8, 4) is 0 Å². The van der Waals surface area contributed by atoms with Gasteiger partial charge in [0.05, 0.1) is 0 Å². The third-order valence-electron chi connectivity index (χ3n) is 1.89. The summed E-state index contributed by atoms with van der Waals surface area (Å²) in [4.78, 5) is 11.1. The Kier molecular flexibility index (Phi) is 3.68. The van der Waals surface area contributed by atoms with E-state index < -0.39 is 18.3 Å². The van der Waals surface area contributed by atoms with Gasteiger partial charge in [-0.3, -0.25) is 4.79 Å². The van der Waals surface area contributed by atoms with E-state index in [1.807, 2.05) is 6.26 Å². The highest BCUT2D eigenvalue weighted by atomic mass is 32.2. The van der Waals surface area contributed by atoms with Crippen LogP contribution in [0.4, 0.5) is 8.78 Å². The van der Waals surface area contributed by atoms with E-state index in [-0.39, 0.29) is 5.56 Å². The van der Waals surface area contributed by atoms with Crippen LogP contribution in [0.5, 0.6) is 0 Å². The molecule has 1 rings (SSSR count). The minimum Gasteiger partial charge on any atom is -0.481 e. The maximum Gasteiger partial charge on any atom is 0.309 e. The molecule has 0 unspecified atom stereocenters. The smallest absolute Gasteiger partial charge is 0.309 e. The van der Waals surface area contributed by atoms with Gasteiger partial charge in [0.25, 0.3) is 5.92 Å². The van der Waals surface area contributed by atoms with Gasteiger partial charge in [0.15, 0.2) is 0 Å². The molecular formula is C10H10F2O2S. The number of carbonyl (C=O) groups is 1. The third-order valence-corrected chi connectivity index (χ3v) is 2.63. The standard InChI is InChI=1S/C10H10F2O2S/c1-15-8-4-2-7(3-5-8)10(11,12)6-9(13)14/h2-5H,6H2,1H3,(H,13,14). The molecule has 1 aromatic carbocycles. The van der Waals surface area contributed by atoms with E-state index in [2.05, 4.69) is 0 Å². The van der Waals surface area contributed by atoms with Gasteiger partial charge in [-0.25, -0.2) is 8.78 Å². The predicted octanol–water partition coefficient (Wildman–Crippen LogP) is 2.98. The first-order chi connectivity index (χ1) is 6.95. The Labute approximate surface area is 90.3 Å². The highest BCUT2D eigenvalue weighted by Crippen LogP contribution is 2.32. The molecule has 0 aliphatic heterocycles. The number of rotatable bonds is 4. The second kappa shape index (κ2) is 4.61. The van der Waals surface area contributed by atoms with Gasteiger partial charge in [-0.15, -0.1) is 11.8 Å². The van der Waals surface area contributed by atoms with Crippen LogP contribution in [0.3, 0.4) is 0 Å². The number of alkyl halides is 2. The quantitative estimate of drug-likeness (QED) is 0.811. The highest BCUT2D eigenvalue weighted by molar-refractivity contribution is 7.98. The van der Waals surface area contributed by atoms with Crippen molar-refractivity contribution in [1.29, 1.82) is 0 Å². The minimum absolute atomic E-state index is 0.261. The average molecular weight is 232 g/mol. The number of carboxylic acids is 1. The summed E-state index contributed by atoms with van der Waals surface area (Å²) in [6, 6.07) is 5.62. The second-order valence-corrected chi connectivity index (χ2v) is 3.88. The Bertz CT molecular complexity index is 349. The molecule has 0 saturated heterocycles. The fourth-order valence-electron chi connectivity index (χ4n) is 1.13. The van der Waals surface area contributed by atoms with Gasteiger partial charge in [-0.2, -0.15) is 0 Å². The van der Waals surface area contributed by atoms with Crippen molar-refractivity contribution in [2.75, 3.05) is 6.26 Å². The van der Waals surface area contributed by atoms with Gasteiger partial charge < -0.3 is 5.11 Å². The first-order valence-corrected chi connectivity index (χ1v) is 5.42. The maximum absolute atomic E-state index is 13.3. The Morgan fingerprint density at radius 3 is 2.33 bits per heavy atom. The summed E-state index contributed by atoms with van der Waals surface area (Å²) in [5, 5.41) is 8.33. The van der Waals surface area contributed by atoms with Crippen molar-refractivity contribution in [2.24, 2.45) is 0 Å². The molecule has 1 aromatic rings. The van der Waals surface area contributed by atoms with Crippen molar-refractivity contribution in [3.05, 3.63) is 29.8 Å². The van der Waals surface area contributed by atoms with Gasteiger partial charge in [-0.05, 0) is 18.4 Å². The lowest BCUT2D eigenvalue weighted by Crippen LogP contribution is -2.18. The number of carboxylic acid groups (broad SMARTS) is 1. The number of hydrogen-bond acceptors (Lipinski definition) is 2. The SMILES string of the molecule is CSc1ccc(C(F)(F)CC(=O)O)cc1. The lowest BCUT2D eigenvalue weighted by atomic mass is 10.1. The van der Waals surface area contributed by atoms with Crippen LogP contribution in [0.2, 0.25) is 0 Å². The summed E-state index contributed by atoms with van der Waals surface area (Å²) >= 11 is 1.44. The van der Waals surface area contributed by atoms with E-state index in [0.717, 1.165) is 4.90 Å². The lowest BCUT2D eigenvalue weighted by molar-refractivity contribution is -0.145. The van der Waals surface area contributed by atoms with Crippen molar-refractivity contribution in [2.45, 2.75) is 17.2 Å². The van der Waals surface area contributed by atoms with E-state index in [4.69, 9.17) is 5.11 Å². The van der Waals surface area contributed by atoms with Crippen LogP contribution in [0.1, 0.15) is 12.0 Å². The summed E-state index contributed by atoms with van der Waals surface area (Å²) in [6.45, 7) is 0. The van der Waals surface area contributed by atoms with Gasteiger partial charge in [0.1, 0.15) is 6.42 Å². The molecule has 0 radical (unpaired) electrons. The summed E-state index contributed by atoms with van der Waals surface area (Å²) in [5.74, 6) is -4.81. The van der Waals surface area contributed by atoms with Crippen LogP contribution >= 0.6 is 11.8 Å². The zero-order valence-electron chi connectivity index (χ0n) is 8.04. The average Bonchev–Trinajstić information content (AvgIpc) is 2.16. The van der Waals surface area contributed by atoms with Crippen LogP contribution in [-0.4, -0.2) is 17.3 Å². The van der Waals surface area contributed by atoms with Crippen molar-refractivity contribution < 1.29 is 18.7 Å². The Morgan fingerprint density at radius 1 is 1.40 bits per heavy atom. The Morgan fingerprint density at radius 2 is 1.93 bits per heavy atom. The molecule has 2 nitrogen and oxygen atoms in total. The van der Waals surface area contributed by atoms with Crippen LogP contribution in [0, 0.1) is 0 Å². The van der Waals surface area contributed by atoms with Crippen LogP contribution in [0.15, 0.2) is 29.2 Å². The molecule has 0 aliphatic carbocycles. The topological polar surface area (TPSA) is 37.3 Å². The van der Waals surface area contributed by atoms with E-state index in [9.17, 15) is 13.6 Å². The number of aliphatic carboxylic acids is 1. The monoisotopic (exact) mass is 232 g/mol. The molecule has 82 valence electrons. The molecule has 5 heteroatoms. The van der Waals surface area contributed by atoms with E-state index in [1.165, 1.54) is 23.9 Å². The molecule has 1 N–H and O–H groups in total. The summed E-state index contributed by atoms with van der Waals surface area (Å²) in [5.41, 5.74) is -0.261. The molecule has 0 aliphatic rings. The molecule has 0 fully saturated rings. The molecule has 0 aromatic heterocycles. The summed E-state index contributed by atoms with van der Waals surface area (Å²) < 4.78 is 26.5. The summed E-state index contributed by atoms with van der Waals surface area (Å²) in [7, 11) is 0. The number of hydrogen-bond donors (Lipinski definition) is 1. The first-order valence-electron chi connectivity index (χ1n) is 4.20. The molecule has 0 saturated carbocycles. The molecular weight excluding hydrogens is 222 g/mol. The molecule has 0 spiro atoms. The number of thioether (sulfide) groups is 1. The second-order valence-electron chi connectivity index (χ2n) is 3.00. The maximum atomic E-state index is 13.3. The largest absolute Gasteiger partial charge is 0.481 e. The normalized spacial score (nSPS) is 11.4. The van der Waals surface area contributed by atoms with E-state index in [0.29, 0.717) is 0 Å². The Balaban J connectivity index is 2.89. The van der Waals surface area contributed by atoms with E-state index in [1.54, 1.807) is 12.1 Å². The van der Waals surface area contributed by atoms with Crippen molar-refractivity contribution in [1.82, 2.24) is 0 Å². The van der Waals surface area contributed by atoms with Crippen molar-refractivity contribution in [3.63, 3.8) is 0 Å². The summed E-state index contributed by atoms with van der Waals surface area (Å²) in [6.07, 6.45) is 0.663. The molecule has 0 atom stereocenters. The first kappa shape index (κ1) is 12.0. The van der Waals surface area contributed by atoms with Crippen LogP contribution < -0.4 is 0 Å². The minimum atomic E-state index is -3.30. The third kappa shape index (κ3) is 3.20. The predicted molar refractivity (Wildman–Crippen MR) is 54.4 cm³/mol. The number of halogens is 2. The van der Waals surface area contributed by atoms with Crippen LogP contribution in [-0.2, 0) is 10.7 Å². The zero-order valence-corrected chi connectivity index (χ0v) is 8.85. The van der Waals surface area contributed by atoms with Crippen molar-refractivity contribution >= 4 is 17.7 Å². The van der Waals surface area contributed by atoms with Gasteiger partial charge >= 0.3 is 5.97 Å². The fourth-order valence-corrected chi connectivity index (χ4v) is 1.54. The lowest BCUT2D eigenvalue weighted by Gasteiger charge is -2.14. The molecule has 0 amide bonds. The zero-order chi connectivity index (χ0) is 11.5. The molecule has 0 bridgehead atoms. The van der Waals surface area contributed by atoms with E-state index >= 15 is 0 Å². The Hall–Kier alpha value is -1.10. The molecule has 0 heterocycles. The van der Waals surface area contributed by atoms with Gasteiger partial charge in [0, 0.05) is 10.5 Å². The molecule has 15 heavy (non-hydrogen) atoms. The highest BCUT2D eigenvalue weighted by Gasteiger charge is 2.34. The van der Waals surface area contributed by atoms with Crippen LogP contribution in [0.25, 0.3) is 0 Å². The van der Waals surface area contributed by atoms with Gasteiger partial charge in [0.2, 0.25) is 0 Å². The number of benzene rings is 1. The van der Waals surface area contributed by atoms with Gasteiger partial charge in [-0.1, -0.05) is 12.1 Å². The fraction of sp³-hybridized carbons (Fsp3) is 0.300.